The number of pyridine rings is 1. The lowest BCUT2D eigenvalue weighted by molar-refractivity contribution is 0.0981. The molecule has 1 aliphatic rings. The van der Waals surface area contributed by atoms with Crippen molar-refractivity contribution >= 4 is 41.0 Å². The minimum Gasteiger partial charge on any atom is -0.386 e. The monoisotopic (exact) mass is 415 g/mol. The van der Waals surface area contributed by atoms with Crippen LogP contribution in [0.15, 0.2) is 77.0 Å². The molecule has 1 unspecified atom stereocenters. The summed E-state index contributed by atoms with van der Waals surface area (Å²) in [4.78, 5) is 36.5. The van der Waals surface area contributed by atoms with Gasteiger partial charge in [-0.1, -0.05) is 49.0 Å². The number of nitrogens with two attached hydrogens (primary N) is 2. The van der Waals surface area contributed by atoms with Crippen LogP contribution >= 0.6 is 12.6 Å². The number of aliphatic imine (C=N–C) groups is 2. The van der Waals surface area contributed by atoms with Crippen LogP contribution in [0, 0.1) is 0 Å². The first kappa shape index (κ1) is 19.5. The Bertz CT molecular complexity index is 1220. The highest BCUT2D eigenvalue weighted by Crippen LogP contribution is 2.35. The summed E-state index contributed by atoms with van der Waals surface area (Å²) in [6.45, 7) is 0. The van der Waals surface area contributed by atoms with Crippen LogP contribution < -0.4 is 11.5 Å². The number of hydrogen-bond donors (Lipinski definition) is 3. The van der Waals surface area contributed by atoms with Crippen molar-refractivity contribution in [2.45, 2.75) is 5.92 Å². The molecule has 0 saturated carbocycles. The fourth-order valence-electron chi connectivity index (χ4n) is 3.38. The zero-order chi connectivity index (χ0) is 21.3. The normalized spacial score (nSPS) is 16.0. The van der Waals surface area contributed by atoms with Crippen LogP contribution in [0.2, 0.25) is 0 Å². The van der Waals surface area contributed by atoms with E-state index in [2.05, 4.69) is 27.6 Å². The number of amidine groups is 2. The first-order chi connectivity index (χ1) is 14.4. The van der Waals surface area contributed by atoms with E-state index in [-0.39, 0.29) is 17.5 Å². The van der Waals surface area contributed by atoms with Gasteiger partial charge >= 0.3 is 5.24 Å². The molecule has 0 bridgehead atoms. The first-order valence-electron chi connectivity index (χ1n) is 9.04. The summed E-state index contributed by atoms with van der Waals surface area (Å²) in [5.74, 6) is -0.450. The van der Waals surface area contributed by atoms with Gasteiger partial charge in [0.2, 0.25) is 0 Å². The molecule has 30 heavy (non-hydrogen) atoms. The van der Waals surface area contributed by atoms with Crippen molar-refractivity contribution < 1.29 is 9.59 Å². The second-order valence-corrected chi connectivity index (χ2v) is 7.10. The van der Waals surface area contributed by atoms with Gasteiger partial charge in [0.1, 0.15) is 17.6 Å². The molecule has 1 aliphatic heterocycles. The van der Waals surface area contributed by atoms with E-state index in [1.807, 2.05) is 36.4 Å². The number of carbonyl (C=O) groups is 2. The highest BCUT2D eigenvalue weighted by atomic mass is 32.1. The van der Waals surface area contributed by atoms with Crippen LogP contribution in [0.25, 0.3) is 11.1 Å². The van der Waals surface area contributed by atoms with Crippen molar-refractivity contribution in [3.63, 3.8) is 0 Å². The molecule has 7 nitrogen and oxygen atoms in total. The Morgan fingerprint density at radius 2 is 1.80 bits per heavy atom. The Morgan fingerprint density at radius 1 is 1.03 bits per heavy atom. The largest absolute Gasteiger partial charge is 0.386 e. The SMILES string of the molecule is NC1=Nc2ccc(-c3cncc(/C(N)=N/C(=O)S)c3)cc2C(=O)C1c1ccccc1. The number of amides is 1. The van der Waals surface area contributed by atoms with Crippen LogP contribution in [-0.2, 0) is 0 Å². The highest BCUT2D eigenvalue weighted by molar-refractivity contribution is 7.96. The lowest BCUT2D eigenvalue weighted by Crippen LogP contribution is -2.31. The predicted octanol–water partition coefficient (Wildman–Crippen LogP) is 3.47. The van der Waals surface area contributed by atoms with Gasteiger partial charge in [-0.05, 0) is 29.3 Å². The number of thiol groups is 1. The molecule has 8 heteroatoms. The summed E-state index contributed by atoms with van der Waals surface area (Å²) in [5, 5.41) is -0.695. The van der Waals surface area contributed by atoms with Gasteiger partial charge in [0.25, 0.3) is 0 Å². The summed E-state index contributed by atoms with van der Waals surface area (Å²) >= 11 is 3.61. The van der Waals surface area contributed by atoms with Gasteiger partial charge in [0.05, 0.1) is 5.69 Å². The van der Waals surface area contributed by atoms with Crippen LogP contribution in [0.5, 0.6) is 0 Å². The summed E-state index contributed by atoms with van der Waals surface area (Å²) in [6, 6.07) is 16.4. The summed E-state index contributed by atoms with van der Waals surface area (Å²) < 4.78 is 0. The molecule has 4 rings (SSSR count). The summed E-state index contributed by atoms with van der Waals surface area (Å²) in [6.07, 6.45) is 3.14. The van der Waals surface area contributed by atoms with E-state index in [1.165, 1.54) is 6.20 Å². The summed E-state index contributed by atoms with van der Waals surface area (Å²) in [7, 11) is 0. The molecule has 0 saturated heterocycles. The Kier molecular flexibility index (Phi) is 5.16. The zero-order valence-corrected chi connectivity index (χ0v) is 16.6. The smallest absolute Gasteiger partial charge is 0.303 e. The maximum Gasteiger partial charge on any atom is 0.303 e. The molecule has 4 N–H and O–H groups in total. The number of rotatable bonds is 3. The van der Waals surface area contributed by atoms with Gasteiger partial charge in [-0.3, -0.25) is 14.6 Å². The quantitative estimate of drug-likeness (QED) is 0.343. The van der Waals surface area contributed by atoms with Crippen LogP contribution in [0.1, 0.15) is 27.4 Å². The maximum atomic E-state index is 13.2. The Hall–Kier alpha value is -3.78. The van der Waals surface area contributed by atoms with E-state index in [0.29, 0.717) is 22.4 Å². The second-order valence-electron chi connectivity index (χ2n) is 6.72. The molecule has 0 fully saturated rings. The van der Waals surface area contributed by atoms with Gasteiger partial charge in [-0.2, -0.15) is 4.99 Å². The van der Waals surface area contributed by atoms with Gasteiger partial charge in [-0.15, -0.1) is 0 Å². The minimum atomic E-state index is -0.695. The molecule has 1 atom stereocenters. The molecule has 2 heterocycles. The fraction of sp³-hybridized carbons (Fsp3) is 0.0455. The molecule has 148 valence electrons. The molecule has 1 aromatic heterocycles. The first-order valence-corrected chi connectivity index (χ1v) is 9.49. The third kappa shape index (κ3) is 3.72. The van der Waals surface area contributed by atoms with Crippen molar-refractivity contribution in [2.24, 2.45) is 21.5 Å². The Labute approximate surface area is 178 Å². The molecule has 0 aliphatic carbocycles. The Balaban J connectivity index is 1.75. The topological polar surface area (TPSA) is 124 Å². The van der Waals surface area contributed by atoms with Crippen molar-refractivity contribution in [3.05, 3.63) is 83.7 Å². The number of aromatic nitrogens is 1. The van der Waals surface area contributed by atoms with E-state index in [0.717, 1.165) is 11.1 Å². The Morgan fingerprint density at radius 3 is 2.53 bits per heavy atom. The van der Waals surface area contributed by atoms with Crippen LogP contribution in [-0.4, -0.2) is 27.7 Å². The lowest BCUT2D eigenvalue weighted by Gasteiger charge is -2.22. The summed E-state index contributed by atoms with van der Waals surface area (Å²) in [5.41, 5.74) is 15.7. The number of Topliss-reactive ketones (excluding diaryl/α,β-unsaturated/α-hetero) is 1. The zero-order valence-electron chi connectivity index (χ0n) is 15.7. The minimum absolute atomic E-state index is 0.0138. The third-order valence-electron chi connectivity index (χ3n) is 4.79. The molecule has 0 spiro atoms. The maximum absolute atomic E-state index is 13.2. The van der Waals surface area contributed by atoms with E-state index in [4.69, 9.17) is 11.5 Å². The van der Waals surface area contributed by atoms with Gasteiger partial charge in [-0.25, -0.2) is 4.99 Å². The van der Waals surface area contributed by atoms with Crippen LogP contribution in [0.3, 0.4) is 0 Å². The number of fused-ring (bicyclic) bond motifs is 1. The van der Waals surface area contributed by atoms with Gasteiger partial charge in [0.15, 0.2) is 5.78 Å². The highest BCUT2D eigenvalue weighted by Gasteiger charge is 2.31. The van der Waals surface area contributed by atoms with Crippen molar-refractivity contribution in [3.8, 4) is 11.1 Å². The number of ketones is 1. The van der Waals surface area contributed by atoms with Crippen LogP contribution in [0.4, 0.5) is 10.5 Å². The fourth-order valence-corrected chi connectivity index (χ4v) is 3.48. The molecular formula is C22H17N5O2S. The van der Waals surface area contributed by atoms with E-state index < -0.39 is 11.2 Å². The van der Waals surface area contributed by atoms with Gasteiger partial charge in [0, 0.05) is 29.1 Å². The van der Waals surface area contributed by atoms with E-state index >= 15 is 0 Å². The number of hydrogen-bond acceptors (Lipinski definition) is 5. The molecule has 1 amide bonds. The predicted molar refractivity (Wildman–Crippen MR) is 120 cm³/mol. The van der Waals surface area contributed by atoms with Crippen molar-refractivity contribution in [1.82, 2.24) is 4.98 Å². The third-order valence-corrected chi connectivity index (χ3v) is 4.89. The van der Waals surface area contributed by atoms with E-state index in [9.17, 15) is 9.59 Å². The lowest BCUT2D eigenvalue weighted by atomic mass is 9.86. The van der Waals surface area contributed by atoms with Gasteiger partial charge < -0.3 is 11.5 Å². The number of carbonyl (C=O) groups excluding carboxylic acids is 2. The molecule has 3 aromatic rings. The molecule has 2 aromatic carbocycles. The molecule has 0 radical (unpaired) electrons. The van der Waals surface area contributed by atoms with Crippen molar-refractivity contribution in [1.29, 1.82) is 0 Å². The van der Waals surface area contributed by atoms with Crippen molar-refractivity contribution in [2.75, 3.05) is 0 Å². The molecular weight excluding hydrogens is 398 g/mol. The average molecular weight is 415 g/mol. The number of nitrogens with zero attached hydrogens (tertiary/aromatic N) is 3. The second kappa shape index (κ2) is 7.92. The number of benzene rings is 2. The average Bonchev–Trinajstić information content (AvgIpc) is 2.74. The van der Waals surface area contributed by atoms with E-state index in [1.54, 1.807) is 24.4 Å². The standard InChI is InChI=1S/C22H17N5O2S/c23-20(27-22(29)30)15-8-14(10-25-11-15)13-6-7-17-16(9-13)19(28)18(21(24)26-17)12-4-2-1-3-5-12/h1-11,18H,(H2,24,26)(H3,23,27,29,30).